The van der Waals surface area contributed by atoms with Crippen LogP contribution in [0.1, 0.15) is 22.8 Å². The maximum atomic E-state index is 12.2. The van der Waals surface area contributed by atoms with E-state index in [0.29, 0.717) is 17.7 Å². The second kappa shape index (κ2) is 6.52. The molecule has 0 spiro atoms. The molecule has 0 bridgehead atoms. The van der Waals surface area contributed by atoms with Crippen LogP contribution in [0.5, 0.6) is 0 Å². The molecule has 20 heavy (non-hydrogen) atoms. The number of nitrogens with one attached hydrogen (secondary N) is 2. The molecule has 0 aliphatic carbocycles. The van der Waals surface area contributed by atoms with E-state index in [1.165, 1.54) is 5.56 Å². The summed E-state index contributed by atoms with van der Waals surface area (Å²) >= 11 is 0. The van der Waals surface area contributed by atoms with Crippen molar-refractivity contribution in [3.63, 3.8) is 0 Å². The molecule has 0 atom stereocenters. The van der Waals surface area contributed by atoms with Crippen molar-refractivity contribution in [1.82, 2.24) is 0 Å². The highest BCUT2D eigenvalue weighted by Gasteiger charge is 2.10. The third-order valence-corrected chi connectivity index (χ3v) is 3.01. The Morgan fingerprint density at radius 3 is 2.45 bits per heavy atom. The Bertz CT molecular complexity index is 606. The molecule has 2 amide bonds. The molecule has 0 fully saturated rings. The zero-order valence-electron chi connectivity index (χ0n) is 11.2. The lowest BCUT2D eigenvalue weighted by Crippen LogP contribution is -2.14. The number of hydrogen-bond donors (Lipinski definition) is 2. The summed E-state index contributed by atoms with van der Waals surface area (Å²) in [6, 6.07) is 14.6. The number of rotatable bonds is 5. The molecule has 0 saturated carbocycles. The number of para-hydroxylation sites is 1. The van der Waals surface area contributed by atoms with Gasteiger partial charge in [0.1, 0.15) is 0 Å². The molecule has 0 radical (unpaired) electrons. The summed E-state index contributed by atoms with van der Waals surface area (Å²) in [4.78, 5) is 22.7. The third kappa shape index (κ3) is 3.23. The molecule has 0 unspecified atom stereocenters. The van der Waals surface area contributed by atoms with E-state index in [0.717, 1.165) is 12.1 Å². The van der Waals surface area contributed by atoms with Gasteiger partial charge in [-0.1, -0.05) is 31.2 Å². The molecule has 0 heterocycles. The van der Waals surface area contributed by atoms with E-state index in [1.54, 1.807) is 24.3 Å². The summed E-state index contributed by atoms with van der Waals surface area (Å²) in [7, 11) is 0. The van der Waals surface area contributed by atoms with E-state index < -0.39 is 0 Å². The Morgan fingerprint density at radius 2 is 1.80 bits per heavy atom. The van der Waals surface area contributed by atoms with Crippen LogP contribution in [0.2, 0.25) is 0 Å². The van der Waals surface area contributed by atoms with Gasteiger partial charge in [-0.05, 0) is 36.2 Å². The molecule has 2 aromatic carbocycles. The summed E-state index contributed by atoms with van der Waals surface area (Å²) in [6.45, 7) is 2.08. The van der Waals surface area contributed by atoms with Crippen molar-refractivity contribution in [3.05, 3.63) is 59.7 Å². The lowest BCUT2D eigenvalue weighted by atomic mass is 10.1. The SMILES string of the molecule is CCc1ccc(NC(=O)c2ccccc2NC=O)cc1. The number of aryl methyl sites for hydroxylation is 1. The Balaban J connectivity index is 2.16. The molecule has 2 rings (SSSR count). The van der Waals surface area contributed by atoms with E-state index in [1.807, 2.05) is 24.3 Å². The first-order valence-corrected chi connectivity index (χ1v) is 6.44. The highest BCUT2D eigenvalue weighted by molar-refractivity contribution is 6.08. The molecule has 4 nitrogen and oxygen atoms in total. The second-order valence-corrected chi connectivity index (χ2v) is 4.31. The van der Waals surface area contributed by atoms with Gasteiger partial charge in [-0.15, -0.1) is 0 Å². The van der Waals surface area contributed by atoms with Crippen LogP contribution in [-0.4, -0.2) is 12.3 Å². The lowest BCUT2D eigenvalue weighted by molar-refractivity contribution is -0.105. The van der Waals surface area contributed by atoms with E-state index >= 15 is 0 Å². The van der Waals surface area contributed by atoms with E-state index in [4.69, 9.17) is 0 Å². The zero-order valence-corrected chi connectivity index (χ0v) is 11.2. The van der Waals surface area contributed by atoms with Gasteiger partial charge in [-0.3, -0.25) is 9.59 Å². The van der Waals surface area contributed by atoms with E-state index in [-0.39, 0.29) is 5.91 Å². The van der Waals surface area contributed by atoms with Gasteiger partial charge >= 0.3 is 0 Å². The normalized spacial score (nSPS) is 9.85. The van der Waals surface area contributed by atoms with Gasteiger partial charge in [0, 0.05) is 5.69 Å². The summed E-state index contributed by atoms with van der Waals surface area (Å²) in [5.41, 5.74) is 2.86. The molecule has 102 valence electrons. The molecular formula is C16H16N2O2. The van der Waals surface area contributed by atoms with Crippen molar-refractivity contribution < 1.29 is 9.59 Å². The van der Waals surface area contributed by atoms with Gasteiger partial charge in [0.2, 0.25) is 6.41 Å². The van der Waals surface area contributed by atoms with Gasteiger partial charge in [-0.2, -0.15) is 0 Å². The largest absolute Gasteiger partial charge is 0.328 e. The summed E-state index contributed by atoms with van der Waals surface area (Å²) in [5, 5.41) is 5.33. The van der Waals surface area contributed by atoms with Crippen molar-refractivity contribution in [2.75, 3.05) is 10.6 Å². The minimum atomic E-state index is -0.251. The van der Waals surface area contributed by atoms with Crippen molar-refractivity contribution >= 4 is 23.7 Å². The number of carbonyl (C=O) groups is 2. The topological polar surface area (TPSA) is 58.2 Å². The molecule has 4 heteroatoms. The van der Waals surface area contributed by atoms with Crippen molar-refractivity contribution in [2.24, 2.45) is 0 Å². The molecule has 0 saturated heterocycles. The zero-order chi connectivity index (χ0) is 14.4. The number of amides is 2. The number of benzene rings is 2. The van der Waals surface area contributed by atoms with Crippen LogP contribution in [0.25, 0.3) is 0 Å². The van der Waals surface area contributed by atoms with Gasteiger partial charge in [-0.25, -0.2) is 0 Å². The summed E-state index contributed by atoms with van der Waals surface area (Å²) < 4.78 is 0. The molecule has 0 aromatic heterocycles. The van der Waals surface area contributed by atoms with Gasteiger partial charge in [0.25, 0.3) is 5.91 Å². The average molecular weight is 268 g/mol. The molecular weight excluding hydrogens is 252 g/mol. The summed E-state index contributed by atoms with van der Waals surface area (Å²) in [6.07, 6.45) is 1.52. The van der Waals surface area contributed by atoms with Crippen LogP contribution < -0.4 is 10.6 Å². The highest BCUT2D eigenvalue weighted by Crippen LogP contribution is 2.17. The number of anilines is 2. The van der Waals surface area contributed by atoms with Crippen molar-refractivity contribution in [2.45, 2.75) is 13.3 Å². The first-order valence-electron chi connectivity index (χ1n) is 6.44. The van der Waals surface area contributed by atoms with Crippen molar-refractivity contribution in [1.29, 1.82) is 0 Å². The standard InChI is InChI=1S/C16H16N2O2/c1-2-12-7-9-13(10-8-12)18-16(20)14-5-3-4-6-15(14)17-11-19/h3-11H,2H2,1H3,(H,17,19)(H,18,20). The maximum Gasteiger partial charge on any atom is 0.257 e. The van der Waals surface area contributed by atoms with Crippen LogP contribution in [0.15, 0.2) is 48.5 Å². The van der Waals surface area contributed by atoms with Crippen LogP contribution >= 0.6 is 0 Å². The van der Waals surface area contributed by atoms with E-state index in [9.17, 15) is 9.59 Å². The summed E-state index contributed by atoms with van der Waals surface area (Å²) in [5.74, 6) is -0.251. The van der Waals surface area contributed by atoms with Crippen LogP contribution in [-0.2, 0) is 11.2 Å². The van der Waals surface area contributed by atoms with Gasteiger partial charge in [0.15, 0.2) is 0 Å². The van der Waals surface area contributed by atoms with Gasteiger partial charge < -0.3 is 10.6 Å². The fourth-order valence-corrected chi connectivity index (χ4v) is 1.89. The average Bonchev–Trinajstić information content (AvgIpc) is 2.49. The molecule has 2 N–H and O–H groups in total. The number of hydrogen-bond acceptors (Lipinski definition) is 2. The Labute approximate surface area is 117 Å². The Hall–Kier alpha value is -2.62. The van der Waals surface area contributed by atoms with Crippen molar-refractivity contribution in [3.8, 4) is 0 Å². The fraction of sp³-hybridized carbons (Fsp3) is 0.125. The number of carbonyl (C=O) groups excluding carboxylic acids is 2. The smallest absolute Gasteiger partial charge is 0.257 e. The monoisotopic (exact) mass is 268 g/mol. The van der Waals surface area contributed by atoms with Crippen LogP contribution in [0.3, 0.4) is 0 Å². The lowest BCUT2D eigenvalue weighted by Gasteiger charge is -2.09. The van der Waals surface area contributed by atoms with Gasteiger partial charge in [0.05, 0.1) is 11.3 Å². The minimum Gasteiger partial charge on any atom is -0.328 e. The third-order valence-electron chi connectivity index (χ3n) is 3.01. The fourth-order valence-electron chi connectivity index (χ4n) is 1.89. The Morgan fingerprint density at radius 1 is 1.10 bits per heavy atom. The molecule has 0 aliphatic rings. The Kier molecular flexibility index (Phi) is 4.50. The first kappa shape index (κ1) is 13.8. The van der Waals surface area contributed by atoms with Crippen LogP contribution in [0.4, 0.5) is 11.4 Å². The second-order valence-electron chi connectivity index (χ2n) is 4.31. The minimum absolute atomic E-state index is 0.251. The predicted octanol–water partition coefficient (Wildman–Crippen LogP) is 3.07. The highest BCUT2D eigenvalue weighted by atomic mass is 16.2. The van der Waals surface area contributed by atoms with Crippen LogP contribution in [0, 0.1) is 0 Å². The quantitative estimate of drug-likeness (QED) is 0.819. The molecule has 0 aliphatic heterocycles. The first-order chi connectivity index (χ1) is 9.74. The maximum absolute atomic E-state index is 12.2. The molecule has 2 aromatic rings. The predicted molar refractivity (Wildman–Crippen MR) is 79.9 cm³/mol. The van der Waals surface area contributed by atoms with E-state index in [2.05, 4.69) is 17.6 Å².